The van der Waals surface area contributed by atoms with Crippen molar-refractivity contribution < 1.29 is 4.79 Å². The maximum absolute atomic E-state index is 12.3. The smallest absolute Gasteiger partial charge is 0.226 e. The predicted molar refractivity (Wildman–Crippen MR) is 83.1 cm³/mol. The molecule has 0 bridgehead atoms. The van der Waals surface area contributed by atoms with Crippen molar-refractivity contribution in [3.8, 4) is 0 Å². The van der Waals surface area contributed by atoms with Gasteiger partial charge in [-0.2, -0.15) is 0 Å². The molecule has 0 aromatic heterocycles. The van der Waals surface area contributed by atoms with Gasteiger partial charge >= 0.3 is 0 Å². The number of amides is 1. The van der Waals surface area contributed by atoms with Gasteiger partial charge in [0.1, 0.15) is 0 Å². The van der Waals surface area contributed by atoms with Gasteiger partial charge in [0.2, 0.25) is 5.91 Å². The zero-order valence-corrected chi connectivity index (χ0v) is 12.1. The van der Waals surface area contributed by atoms with Crippen LogP contribution in [-0.2, 0) is 11.2 Å². The minimum Gasteiger partial charge on any atom is -0.342 e. The lowest BCUT2D eigenvalue weighted by Crippen LogP contribution is -2.30. The first kappa shape index (κ1) is 13.4. The summed E-state index contributed by atoms with van der Waals surface area (Å²) < 4.78 is 0. The number of nitrogens with zero attached hydrogens (tertiary/aromatic N) is 1. The molecule has 0 spiro atoms. The van der Waals surface area contributed by atoms with Gasteiger partial charge in [0.25, 0.3) is 0 Å². The maximum Gasteiger partial charge on any atom is 0.226 e. The Kier molecular flexibility index (Phi) is 3.93. The van der Waals surface area contributed by atoms with Crippen molar-refractivity contribution in [3.05, 3.63) is 48.0 Å². The summed E-state index contributed by atoms with van der Waals surface area (Å²) in [7, 11) is 0. The van der Waals surface area contributed by atoms with Crippen molar-refractivity contribution in [2.75, 3.05) is 19.0 Å². The summed E-state index contributed by atoms with van der Waals surface area (Å²) in [5.41, 5.74) is 1.09. The summed E-state index contributed by atoms with van der Waals surface area (Å²) in [5, 5.41) is 2.41. The van der Waals surface area contributed by atoms with Gasteiger partial charge in [-0.15, -0.1) is 11.6 Å². The number of halogens is 1. The largest absolute Gasteiger partial charge is 0.342 e. The van der Waals surface area contributed by atoms with Crippen LogP contribution in [0.3, 0.4) is 0 Å². The van der Waals surface area contributed by atoms with Crippen LogP contribution in [0.15, 0.2) is 42.5 Å². The fourth-order valence-electron chi connectivity index (χ4n) is 2.82. The summed E-state index contributed by atoms with van der Waals surface area (Å²) >= 11 is 5.87. The minimum absolute atomic E-state index is 0.216. The van der Waals surface area contributed by atoms with Gasteiger partial charge < -0.3 is 4.90 Å². The SMILES string of the molecule is O=C(Cc1ccc2ccccc2c1)N1CCC(CCl)C1. The molecule has 1 unspecified atom stereocenters. The van der Waals surface area contributed by atoms with E-state index < -0.39 is 0 Å². The molecule has 0 radical (unpaired) electrons. The Hall–Kier alpha value is -1.54. The van der Waals surface area contributed by atoms with Crippen molar-refractivity contribution in [3.63, 3.8) is 0 Å². The van der Waals surface area contributed by atoms with E-state index in [1.54, 1.807) is 0 Å². The Morgan fingerprint density at radius 2 is 2.00 bits per heavy atom. The highest BCUT2D eigenvalue weighted by Gasteiger charge is 2.25. The van der Waals surface area contributed by atoms with E-state index in [9.17, 15) is 4.79 Å². The van der Waals surface area contributed by atoms with Gasteiger partial charge in [-0.05, 0) is 28.7 Å². The molecule has 1 aliphatic rings. The first-order valence-electron chi connectivity index (χ1n) is 7.07. The average molecular weight is 288 g/mol. The lowest BCUT2D eigenvalue weighted by molar-refractivity contribution is -0.129. The average Bonchev–Trinajstić information content (AvgIpc) is 2.96. The van der Waals surface area contributed by atoms with E-state index in [4.69, 9.17) is 11.6 Å². The second-order valence-electron chi connectivity index (χ2n) is 5.51. The van der Waals surface area contributed by atoms with Crippen LogP contribution in [0, 0.1) is 5.92 Å². The van der Waals surface area contributed by atoms with Crippen LogP contribution in [-0.4, -0.2) is 29.8 Å². The van der Waals surface area contributed by atoms with E-state index in [-0.39, 0.29) is 5.91 Å². The fourth-order valence-corrected chi connectivity index (χ4v) is 3.07. The second kappa shape index (κ2) is 5.84. The molecule has 2 aromatic carbocycles. The third-order valence-electron chi connectivity index (χ3n) is 4.03. The first-order chi connectivity index (χ1) is 9.76. The maximum atomic E-state index is 12.3. The molecule has 0 saturated carbocycles. The highest BCUT2D eigenvalue weighted by molar-refractivity contribution is 6.18. The van der Waals surface area contributed by atoms with Gasteiger partial charge in [0.05, 0.1) is 6.42 Å². The highest BCUT2D eigenvalue weighted by atomic mass is 35.5. The number of fused-ring (bicyclic) bond motifs is 1. The summed E-state index contributed by atoms with van der Waals surface area (Å²) in [6.45, 7) is 1.67. The van der Waals surface area contributed by atoms with E-state index in [1.807, 2.05) is 17.0 Å². The summed E-state index contributed by atoms with van der Waals surface area (Å²) in [6, 6.07) is 14.5. The van der Waals surface area contributed by atoms with Crippen LogP contribution in [0.5, 0.6) is 0 Å². The Labute approximate surface area is 124 Å². The standard InChI is InChI=1S/C17H18ClNO/c18-11-14-7-8-19(12-14)17(20)10-13-5-6-15-3-1-2-4-16(15)9-13/h1-6,9,14H,7-8,10-12H2. The third kappa shape index (κ3) is 2.80. The fraction of sp³-hybridized carbons (Fsp3) is 0.353. The summed E-state index contributed by atoms with van der Waals surface area (Å²) in [4.78, 5) is 14.2. The van der Waals surface area contributed by atoms with Gasteiger partial charge in [-0.1, -0.05) is 42.5 Å². The number of carbonyl (C=O) groups is 1. The number of benzene rings is 2. The van der Waals surface area contributed by atoms with E-state index >= 15 is 0 Å². The molecule has 1 aliphatic heterocycles. The Bertz CT molecular complexity index is 625. The van der Waals surface area contributed by atoms with E-state index in [0.717, 1.165) is 25.1 Å². The number of carbonyl (C=O) groups excluding carboxylic acids is 1. The molecule has 1 saturated heterocycles. The molecule has 1 heterocycles. The van der Waals surface area contributed by atoms with Crippen LogP contribution in [0.4, 0.5) is 0 Å². The van der Waals surface area contributed by atoms with Gasteiger partial charge in [-0.3, -0.25) is 4.79 Å². The summed E-state index contributed by atoms with van der Waals surface area (Å²) in [6.07, 6.45) is 1.52. The Balaban J connectivity index is 1.71. The monoisotopic (exact) mass is 287 g/mol. The van der Waals surface area contributed by atoms with E-state index in [2.05, 4.69) is 30.3 Å². The molecule has 2 aromatic rings. The van der Waals surface area contributed by atoms with E-state index in [0.29, 0.717) is 18.2 Å². The number of hydrogen-bond acceptors (Lipinski definition) is 1. The van der Waals surface area contributed by atoms with Crippen LogP contribution in [0.25, 0.3) is 10.8 Å². The van der Waals surface area contributed by atoms with Crippen molar-refractivity contribution in [1.82, 2.24) is 4.90 Å². The number of alkyl halides is 1. The molecule has 104 valence electrons. The molecule has 1 amide bonds. The van der Waals surface area contributed by atoms with Crippen molar-refractivity contribution >= 4 is 28.3 Å². The molecular weight excluding hydrogens is 270 g/mol. The minimum atomic E-state index is 0.216. The number of hydrogen-bond donors (Lipinski definition) is 0. The van der Waals surface area contributed by atoms with Crippen molar-refractivity contribution in [2.24, 2.45) is 5.92 Å². The predicted octanol–water partition coefficient (Wildman–Crippen LogP) is 3.47. The quantitative estimate of drug-likeness (QED) is 0.792. The molecule has 0 N–H and O–H groups in total. The Morgan fingerprint density at radius 3 is 2.75 bits per heavy atom. The van der Waals surface area contributed by atoms with Crippen LogP contribution < -0.4 is 0 Å². The number of rotatable bonds is 3. The molecule has 2 nitrogen and oxygen atoms in total. The zero-order valence-electron chi connectivity index (χ0n) is 11.4. The van der Waals surface area contributed by atoms with E-state index in [1.165, 1.54) is 10.8 Å². The molecule has 1 fully saturated rings. The number of likely N-dealkylation sites (tertiary alicyclic amines) is 1. The lowest BCUT2D eigenvalue weighted by Gasteiger charge is -2.16. The molecule has 1 atom stereocenters. The van der Waals surface area contributed by atoms with Crippen molar-refractivity contribution in [2.45, 2.75) is 12.8 Å². The first-order valence-corrected chi connectivity index (χ1v) is 7.61. The van der Waals surface area contributed by atoms with Gasteiger partial charge in [-0.25, -0.2) is 0 Å². The normalized spacial score (nSPS) is 18.6. The molecule has 3 rings (SSSR count). The molecule has 20 heavy (non-hydrogen) atoms. The molecule has 0 aliphatic carbocycles. The topological polar surface area (TPSA) is 20.3 Å². The zero-order chi connectivity index (χ0) is 13.9. The highest BCUT2D eigenvalue weighted by Crippen LogP contribution is 2.20. The molecule has 3 heteroatoms. The molecular formula is C17H18ClNO. The van der Waals surface area contributed by atoms with Gasteiger partial charge in [0.15, 0.2) is 0 Å². The van der Waals surface area contributed by atoms with Crippen LogP contribution in [0.1, 0.15) is 12.0 Å². The lowest BCUT2D eigenvalue weighted by atomic mass is 10.0. The summed E-state index contributed by atoms with van der Waals surface area (Å²) in [5.74, 6) is 1.34. The van der Waals surface area contributed by atoms with Crippen LogP contribution >= 0.6 is 11.6 Å². The van der Waals surface area contributed by atoms with Crippen molar-refractivity contribution in [1.29, 1.82) is 0 Å². The second-order valence-corrected chi connectivity index (χ2v) is 5.82. The van der Waals surface area contributed by atoms with Crippen LogP contribution in [0.2, 0.25) is 0 Å². The Morgan fingerprint density at radius 1 is 1.20 bits per heavy atom. The third-order valence-corrected chi connectivity index (χ3v) is 4.46. The van der Waals surface area contributed by atoms with Gasteiger partial charge in [0, 0.05) is 19.0 Å².